The second-order valence-corrected chi connectivity index (χ2v) is 7.14. The number of nitriles is 1. The first kappa shape index (κ1) is 19.2. The number of benzene rings is 2. The summed E-state index contributed by atoms with van der Waals surface area (Å²) in [6, 6.07) is 10.3. The number of halogens is 2. The number of carbonyl (C=O) groups is 1. The fraction of sp³-hybridized carbons (Fsp3) is 0.143. The largest absolute Gasteiger partial charge is 0.487 e. The minimum Gasteiger partial charge on any atom is -0.487 e. The van der Waals surface area contributed by atoms with Crippen molar-refractivity contribution in [2.24, 2.45) is 0 Å². The van der Waals surface area contributed by atoms with Crippen LogP contribution < -0.4 is 19.5 Å². The molecule has 29 heavy (non-hydrogen) atoms. The van der Waals surface area contributed by atoms with E-state index in [1.54, 1.807) is 36.4 Å². The summed E-state index contributed by atoms with van der Waals surface area (Å²) in [5.74, 6) is 1.14. The smallest absolute Gasteiger partial charge is 0.266 e. The highest BCUT2D eigenvalue weighted by atomic mass is 35.5. The van der Waals surface area contributed by atoms with Crippen LogP contribution in [0.1, 0.15) is 5.56 Å². The molecule has 4 rings (SSSR count). The summed E-state index contributed by atoms with van der Waals surface area (Å²) in [6.45, 7) is 1.10. The van der Waals surface area contributed by atoms with E-state index in [1.807, 2.05) is 6.07 Å². The van der Waals surface area contributed by atoms with Crippen LogP contribution >= 0.6 is 23.2 Å². The van der Waals surface area contributed by atoms with Crippen LogP contribution in [0.25, 0.3) is 6.08 Å². The van der Waals surface area contributed by atoms with Crippen molar-refractivity contribution in [1.29, 1.82) is 5.26 Å². The topological polar surface area (TPSA) is 80.6 Å². The van der Waals surface area contributed by atoms with E-state index in [1.165, 1.54) is 6.08 Å². The van der Waals surface area contributed by atoms with Gasteiger partial charge in [-0.05, 0) is 42.0 Å². The summed E-state index contributed by atoms with van der Waals surface area (Å²) < 4.78 is 16.6. The molecule has 0 saturated carbocycles. The lowest BCUT2D eigenvalue weighted by Crippen LogP contribution is -2.17. The Morgan fingerprint density at radius 3 is 2.69 bits per heavy atom. The Balaban J connectivity index is 1.55. The van der Waals surface area contributed by atoms with Gasteiger partial charge in [-0.2, -0.15) is 5.26 Å². The Labute approximate surface area is 176 Å². The minimum absolute atomic E-state index is 0.0636. The van der Waals surface area contributed by atoms with Gasteiger partial charge in [0.15, 0.2) is 11.5 Å². The first-order valence-electron chi connectivity index (χ1n) is 8.69. The minimum atomic E-state index is -0.542. The van der Waals surface area contributed by atoms with Crippen LogP contribution in [0.15, 0.2) is 47.6 Å². The molecule has 1 N–H and O–H groups in total. The third-order valence-electron chi connectivity index (χ3n) is 4.26. The van der Waals surface area contributed by atoms with Crippen molar-refractivity contribution in [1.82, 2.24) is 0 Å². The van der Waals surface area contributed by atoms with Gasteiger partial charge in [-0.3, -0.25) is 4.79 Å². The average molecular weight is 429 g/mol. The summed E-state index contributed by atoms with van der Waals surface area (Å²) in [7, 11) is 0. The van der Waals surface area contributed by atoms with Crippen LogP contribution in [0, 0.1) is 11.3 Å². The van der Waals surface area contributed by atoms with E-state index in [2.05, 4.69) is 5.32 Å². The highest BCUT2D eigenvalue weighted by Crippen LogP contribution is 2.37. The predicted octanol–water partition coefficient (Wildman–Crippen LogP) is 4.63. The number of carbonyl (C=O) groups excluding carboxylic acids is 1. The van der Waals surface area contributed by atoms with Gasteiger partial charge in [-0.15, -0.1) is 0 Å². The molecular weight excluding hydrogens is 415 g/mol. The molecule has 146 valence electrons. The Bertz CT molecular complexity index is 1100. The molecule has 2 heterocycles. The van der Waals surface area contributed by atoms with Gasteiger partial charge in [0.1, 0.15) is 37.2 Å². The van der Waals surface area contributed by atoms with Crippen molar-refractivity contribution >= 4 is 40.9 Å². The van der Waals surface area contributed by atoms with Crippen molar-refractivity contribution in [2.75, 3.05) is 25.1 Å². The number of amides is 1. The molecule has 6 nitrogen and oxygen atoms in total. The molecule has 0 spiro atoms. The summed E-state index contributed by atoms with van der Waals surface area (Å²) >= 11 is 12.2. The molecule has 0 atom stereocenters. The van der Waals surface area contributed by atoms with Crippen LogP contribution in [0.5, 0.6) is 17.2 Å². The predicted molar refractivity (Wildman–Crippen MR) is 110 cm³/mol. The molecule has 1 amide bonds. The maximum absolute atomic E-state index is 12.6. The van der Waals surface area contributed by atoms with E-state index in [0.29, 0.717) is 57.3 Å². The second kappa shape index (κ2) is 8.08. The lowest BCUT2D eigenvalue weighted by molar-refractivity contribution is -0.112. The lowest BCUT2D eigenvalue weighted by atomic mass is 10.0. The van der Waals surface area contributed by atoms with Gasteiger partial charge in [0, 0.05) is 22.3 Å². The highest BCUT2D eigenvalue weighted by Gasteiger charge is 2.18. The molecule has 2 aromatic rings. The Morgan fingerprint density at radius 2 is 1.90 bits per heavy atom. The van der Waals surface area contributed by atoms with E-state index >= 15 is 0 Å². The van der Waals surface area contributed by atoms with Gasteiger partial charge in [0.05, 0.1) is 5.02 Å². The van der Waals surface area contributed by atoms with E-state index in [0.717, 1.165) is 0 Å². The number of ether oxygens (including phenoxy) is 3. The van der Waals surface area contributed by atoms with Gasteiger partial charge >= 0.3 is 0 Å². The Kier molecular flexibility index (Phi) is 5.34. The fourth-order valence-corrected chi connectivity index (χ4v) is 3.54. The molecular formula is C21H14Cl2N2O4. The average Bonchev–Trinajstić information content (AvgIpc) is 2.71. The van der Waals surface area contributed by atoms with E-state index < -0.39 is 5.91 Å². The zero-order valence-corrected chi connectivity index (χ0v) is 16.5. The highest BCUT2D eigenvalue weighted by molar-refractivity contribution is 6.36. The monoisotopic (exact) mass is 428 g/mol. The van der Waals surface area contributed by atoms with Crippen molar-refractivity contribution in [3.05, 3.63) is 63.2 Å². The maximum Gasteiger partial charge on any atom is 0.266 e. The first-order chi connectivity index (χ1) is 14.0. The van der Waals surface area contributed by atoms with E-state index in [4.69, 9.17) is 37.4 Å². The number of hydrogen-bond donors (Lipinski definition) is 1. The van der Waals surface area contributed by atoms with Crippen molar-refractivity contribution in [3.8, 4) is 23.3 Å². The van der Waals surface area contributed by atoms with Crippen LogP contribution in [0.4, 0.5) is 5.69 Å². The van der Waals surface area contributed by atoms with Crippen molar-refractivity contribution in [3.63, 3.8) is 0 Å². The van der Waals surface area contributed by atoms with Crippen LogP contribution in [0.3, 0.4) is 0 Å². The molecule has 0 saturated heterocycles. The molecule has 8 heteroatoms. The summed E-state index contributed by atoms with van der Waals surface area (Å²) in [5.41, 5.74) is 1.76. The van der Waals surface area contributed by atoms with Crippen LogP contribution in [-0.4, -0.2) is 25.7 Å². The van der Waals surface area contributed by atoms with Gasteiger partial charge in [0.2, 0.25) is 0 Å². The quantitative estimate of drug-likeness (QED) is 0.569. The molecule has 0 unspecified atom stereocenters. The van der Waals surface area contributed by atoms with E-state index in [9.17, 15) is 10.1 Å². The SMILES string of the molecule is N#C/C(=C/C1=Cc2cc(Cl)cc(Cl)c2OC1)C(=O)Nc1ccc2c(c1)OCCO2. The lowest BCUT2D eigenvalue weighted by Gasteiger charge is -2.19. The Morgan fingerprint density at radius 1 is 1.10 bits per heavy atom. The number of hydrogen-bond acceptors (Lipinski definition) is 5. The van der Waals surface area contributed by atoms with Crippen molar-refractivity contribution < 1.29 is 19.0 Å². The number of anilines is 1. The number of nitrogens with zero attached hydrogens (tertiary/aromatic N) is 1. The number of nitrogens with one attached hydrogen (secondary N) is 1. The van der Waals surface area contributed by atoms with Crippen LogP contribution in [0.2, 0.25) is 10.0 Å². The zero-order valence-electron chi connectivity index (χ0n) is 15.0. The molecule has 0 radical (unpaired) electrons. The first-order valence-corrected chi connectivity index (χ1v) is 9.44. The van der Waals surface area contributed by atoms with Crippen LogP contribution in [-0.2, 0) is 4.79 Å². The second-order valence-electron chi connectivity index (χ2n) is 6.30. The fourth-order valence-electron chi connectivity index (χ4n) is 2.97. The van der Waals surface area contributed by atoms with Gasteiger partial charge < -0.3 is 19.5 Å². The molecule has 0 bridgehead atoms. The molecule has 2 aliphatic heterocycles. The molecule has 2 aromatic carbocycles. The third-order valence-corrected chi connectivity index (χ3v) is 4.75. The molecule has 0 aliphatic carbocycles. The summed E-state index contributed by atoms with van der Waals surface area (Å²) in [4.78, 5) is 12.6. The maximum atomic E-state index is 12.6. The molecule has 0 fully saturated rings. The number of fused-ring (bicyclic) bond motifs is 2. The summed E-state index contributed by atoms with van der Waals surface area (Å²) in [6.07, 6.45) is 3.26. The molecule has 2 aliphatic rings. The molecule has 0 aromatic heterocycles. The normalized spacial score (nSPS) is 14.8. The van der Waals surface area contributed by atoms with Gasteiger partial charge in [-0.1, -0.05) is 23.2 Å². The van der Waals surface area contributed by atoms with Gasteiger partial charge in [-0.25, -0.2) is 0 Å². The van der Waals surface area contributed by atoms with E-state index in [-0.39, 0.29) is 12.2 Å². The Hall–Kier alpha value is -3.14. The zero-order chi connectivity index (χ0) is 20.4. The van der Waals surface area contributed by atoms with Gasteiger partial charge in [0.25, 0.3) is 5.91 Å². The third kappa shape index (κ3) is 4.16. The standard InChI is InChI=1S/C21H14Cl2N2O4/c22-15-7-13-5-12(11-29-20(13)17(23)8-15)6-14(10-24)21(26)25-16-1-2-18-19(9-16)28-4-3-27-18/h1-2,5-9H,3-4,11H2,(H,25,26)/b14-6-. The van der Waals surface area contributed by atoms with Crippen molar-refractivity contribution in [2.45, 2.75) is 0 Å². The number of rotatable bonds is 3. The summed E-state index contributed by atoms with van der Waals surface area (Å²) in [5, 5.41) is 13.0.